The Morgan fingerprint density at radius 3 is 2.46 bits per heavy atom. The van der Waals surface area contributed by atoms with Gasteiger partial charge in [-0.05, 0) is 12.8 Å². The van der Waals surface area contributed by atoms with Crippen molar-refractivity contribution in [1.82, 2.24) is 4.90 Å². The fourth-order valence-corrected chi connectivity index (χ4v) is 2.83. The van der Waals surface area contributed by atoms with Crippen LogP contribution in [0.5, 0.6) is 0 Å². The van der Waals surface area contributed by atoms with Gasteiger partial charge in [-0.3, -0.25) is 0 Å². The van der Waals surface area contributed by atoms with E-state index in [2.05, 4.69) is 4.99 Å². The Morgan fingerprint density at radius 2 is 2.00 bits per heavy atom. The summed E-state index contributed by atoms with van der Waals surface area (Å²) in [6.07, 6.45) is 3.24. The molecule has 0 spiro atoms. The Kier molecular flexibility index (Phi) is 2.08. The predicted molar refractivity (Wildman–Crippen MR) is 51.1 cm³/mol. The molecule has 0 aromatic heterocycles. The molecule has 0 aromatic rings. The third-order valence-corrected chi connectivity index (χ3v) is 4.32. The summed E-state index contributed by atoms with van der Waals surface area (Å²) in [4.78, 5) is 5.58. The van der Waals surface area contributed by atoms with Crippen LogP contribution >= 0.6 is 11.6 Å². The van der Waals surface area contributed by atoms with Gasteiger partial charge in [-0.15, -0.1) is 0 Å². The Labute approximate surface area is 81.8 Å². The van der Waals surface area contributed by atoms with Crippen LogP contribution < -0.4 is 0 Å². The second-order valence-electron chi connectivity index (χ2n) is 3.04. The lowest BCUT2D eigenvalue weighted by molar-refractivity contribution is 0.522. The topological polar surface area (TPSA) is 49.7 Å². The zero-order valence-corrected chi connectivity index (χ0v) is 8.48. The molecule has 2 rings (SSSR count). The van der Waals surface area contributed by atoms with E-state index in [1.165, 1.54) is 6.20 Å². The van der Waals surface area contributed by atoms with Gasteiger partial charge in [-0.25, -0.2) is 13.4 Å². The molecule has 2 heterocycles. The third-order valence-electron chi connectivity index (χ3n) is 2.15. The molecule has 2 aliphatic heterocycles. The summed E-state index contributed by atoms with van der Waals surface area (Å²) < 4.78 is 22.8. The molecular weight excluding hydrogens is 212 g/mol. The van der Waals surface area contributed by atoms with Crippen LogP contribution in [0.3, 0.4) is 0 Å². The van der Waals surface area contributed by atoms with Crippen LogP contribution in [0.2, 0.25) is 0 Å². The van der Waals surface area contributed by atoms with E-state index in [0.29, 0.717) is 0 Å². The van der Waals surface area contributed by atoms with Crippen LogP contribution in [-0.4, -0.2) is 31.6 Å². The molecule has 6 heteroatoms. The molecule has 0 amide bonds. The molecule has 4 nitrogen and oxygen atoms in total. The maximum absolute atomic E-state index is 11.5. The summed E-state index contributed by atoms with van der Waals surface area (Å²) >= 11 is 5.51. The van der Waals surface area contributed by atoms with Gasteiger partial charge in [0.25, 0.3) is 9.84 Å². The first kappa shape index (κ1) is 9.02. The van der Waals surface area contributed by atoms with Crippen molar-refractivity contribution < 1.29 is 8.42 Å². The van der Waals surface area contributed by atoms with E-state index in [1.807, 2.05) is 0 Å². The fourth-order valence-electron chi connectivity index (χ4n) is 1.49. The summed E-state index contributed by atoms with van der Waals surface area (Å²) in [5.41, 5.74) is 0. The zero-order chi connectivity index (χ0) is 9.47. The molecule has 0 aliphatic carbocycles. The van der Waals surface area contributed by atoms with Crippen molar-refractivity contribution in [1.29, 1.82) is 0 Å². The van der Waals surface area contributed by atoms with E-state index in [0.717, 1.165) is 25.9 Å². The van der Waals surface area contributed by atoms with Crippen LogP contribution in [0.4, 0.5) is 0 Å². The minimum Gasteiger partial charge on any atom is -0.347 e. The van der Waals surface area contributed by atoms with Crippen LogP contribution in [0, 0.1) is 0 Å². The molecule has 0 atom stereocenters. The largest absolute Gasteiger partial charge is 0.347 e. The lowest BCUT2D eigenvalue weighted by atomic mass is 10.4. The molecule has 2 aliphatic rings. The van der Waals surface area contributed by atoms with Gasteiger partial charge in [-0.2, -0.15) is 0 Å². The van der Waals surface area contributed by atoms with Crippen LogP contribution in [-0.2, 0) is 9.84 Å². The van der Waals surface area contributed by atoms with E-state index >= 15 is 0 Å². The van der Waals surface area contributed by atoms with E-state index in [9.17, 15) is 8.42 Å². The second kappa shape index (κ2) is 2.99. The van der Waals surface area contributed by atoms with Gasteiger partial charge in [0.05, 0.1) is 6.20 Å². The molecule has 0 bridgehead atoms. The van der Waals surface area contributed by atoms with E-state index in [1.54, 1.807) is 4.90 Å². The monoisotopic (exact) mass is 220 g/mol. The Bertz CT molecular complexity index is 379. The molecule has 0 N–H and O–H groups in total. The van der Waals surface area contributed by atoms with E-state index < -0.39 is 9.84 Å². The molecule has 0 saturated carbocycles. The molecule has 0 radical (unpaired) electrons. The molecule has 1 fully saturated rings. The molecule has 0 aromatic carbocycles. The number of likely N-dealkylation sites (tertiary alicyclic amines) is 1. The Balaban J connectivity index is 2.29. The summed E-state index contributed by atoms with van der Waals surface area (Å²) in [5, 5.41) is 0.120. The number of sulfone groups is 1. The molecule has 13 heavy (non-hydrogen) atoms. The van der Waals surface area contributed by atoms with Gasteiger partial charge >= 0.3 is 0 Å². The number of aliphatic imine (C=N–C) groups is 1. The van der Waals surface area contributed by atoms with Crippen molar-refractivity contribution in [3.05, 3.63) is 10.6 Å². The summed E-state index contributed by atoms with van der Waals surface area (Å²) in [6, 6.07) is 0. The highest BCUT2D eigenvalue weighted by molar-refractivity contribution is 8.11. The average molecular weight is 221 g/mol. The molecule has 1 saturated heterocycles. The summed E-state index contributed by atoms with van der Waals surface area (Å²) in [7, 11) is -3.45. The normalized spacial score (nSPS) is 26.1. The van der Waals surface area contributed by atoms with Crippen molar-refractivity contribution in [2.45, 2.75) is 12.8 Å². The Hall–Kier alpha value is -0.550. The first-order valence-corrected chi connectivity index (χ1v) is 5.92. The van der Waals surface area contributed by atoms with Crippen molar-refractivity contribution in [2.24, 2.45) is 4.99 Å². The molecular formula is C7H9ClN2O2S. The lowest BCUT2D eigenvalue weighted by Gasteiger charge is -2.15. The van der Waals surface area contributed by atoms with Gasteiger partial charge in [0, 0.05) is 13.1 Å². The third kappa shape index (κ3) is 1.36. The van der Waals surface area contributed by atoms with Gasteiger partial charge < -0.3 is 4.90 Å². The number of amidine groups is 1. The predicted octanol–water partition coefficient (Wildman–Crippen LogP) is 0.904. The van der Waals surface area contributed by atoms with Gasteiger partial charge in [0.15, 0.2) is 4.36 Å². The highest BCUT2D eigenvalue weighted by Gasteiger charge is 2.33. The van der Waals surface area contributed by atoms with Crippen molar-refractivity contribution in [3.8, 4) is 0 Å². The standard InChI is InChI=1S/C7H9ClN2O2S/c8-6-5-9-7(13(6,11)12)10-3-1-2-4-10/h5H,1-4H2. The van der Waals surface area contributed by atoms with Gasteiger partial charge in [0.1, 0.15) is 0 Å². The van der Waals surface area contributed by atoms with Crippen molar-refractivity contribution in [2.75, 3.05) is 13.1 Å². The minimum atomic E-state index is -3.45. The number of rotatable bonds is 0. The molecule has 72 valence electrons. The second-order valence-corrected chi connectivity index (χ2v) is 5.49. The number of halogens is 1. The fraction of sp³-hybridized carbons (Fsp3) is 0.571. The number of hydrogen-bond acceptors (Lipinski definition) is 4. The first-order chi connectivity index (χ1) is 6.12. The van der Waals surface area contributed by atoms with Crippen LogP contribution in [0.1, 0.15) is 12.8 Å². The minimum absolute atomic E-state index is 0.120. The highest BCUT2D eigenvalue weighted by Crippen LogP contribution is 2.24. The van der Waals surface area contributed by atoms with Crippen LogP contribution in [0.15, 0.2) is 15.6 Å². The van der Waals surface area contributed by atoms with Crippen molar-refractivity contribution in [3.63, 3.8) is 0 Å². The maximum atomic E-state index is 11.5. The van der Waals surface area contributed by atoms with E-state index in [4.69, 9.17) is 11.6 Å². The molecule has 0 unspecified atom stereocenters. The zero-order valence-electron chi connectivity index (χ0n) is 6.90. The smallest absolute Gasteiger partial charge is 0.252 e. The average Bonchev–Trinajstić information content (AvgIpc) is 2.62. The quantitative estimate of drug-likeness (QED) is 0.610. The number of hydrogen-bond donors (Lipinski definition) is 0. The van der Waals surface area contributed by atoms with Crippen molar-refractivity contribution >= 4 is 26.6 Å². The van der Waals surface area contributed by atoms with Gasteiger partial charge in [-0.1, -0.05) is 11.6 Å². The van der Waals surface area contributed by atoms with Crippen LogP contribution in [0.25, 0.3) is 0 Å². The Morgan fingerprint density at radius 1 is 1.38 bits per heavy atom. The SMILES string of the molecule is O=S1(=O)C(Cl)=CN=C1N1CCCC1. The maximum Gasteiger partial charge on any atom is 0.252 e. The first-order valence-electron chi connectivity index (χ1n) is 4.06. The number of nitrogens with zero attached hydrogens (tertiary/aromatic N) is 2. The van der Waals surface area contributed by atoms with E-state index in [-0.39, 0.29) is 9.53 Å². The summed E-state index contributed by atoms with van der Waals surface area (Å²) in [6.45, 7) is 1.52. The lowest BCUT2D eigenvalue weighted by Crippen LogP contribution is -2.32. The summed E-state index contributed by atoms with van der Waals surface area (Å²) in [5.74, 6) is 0. The highest BCUT2D eigenvalue weighted by atomic mass is 35.5. The van der Waals surface area contributed by atoms with Gasteiger partial charge in [0.2, 0.25) is 5.17 Å².